The number of nitrogens with one attached hydrogen (secondary N) is 1. The van der Waals surface area contributed by atoms with Gasteiger partial charge in [0.25, 0.3) is 11.5 Å². The maximum absolute atomic E-state index is 12.8. The van der Waals surface area contributed by atoms with Gasteiger partial charge in [0.15, 0.2) is 16.5 Å². The summed E-state index contributed by atoms with van der Waals surface area (Å²) < 4.78 is 12.1. The number of carbonyl (C=O) groups is 1. The molecular formula is C23H21N3O4S2. The number of thiazole rings is 1. The minimum absolute atomic E-state index is 0.0839. The van der Waals surface area contributed by atoms with Gasteiger partial charge in [-0.3, -0.25) is 14.0 Å². The van der Waals surface area contributed by atoms with Crippen LogP contribution in [-0.2, 0) is 5.75 Å². The van der Waals surface area contributed by atoms with Crippen molar-refractivity contribution in [3.8, 4) is 11.5 Å². The Balaban J connectivity index is 1.52. The summed E-state index contributed by atoms with van der Waals surface area (Å²) in [6.07, 6.45) is 0. The summed E-state index contributed by atoms with van der Waals surface area (Å²) in [5.74, 6) is 1.29. The van der Waals surface area contributed by atoms with Crippen molar-refractivity contribution in [2.45, 2.75) is 17.6 Å². The number of amides is 1. The first-order valence-corrected chi connectivity index (χ1v) is 11.6. The second kappa shape index (κ2) is 9.46. The van der Waals surface area contributed by atoms with Crippen LogP contribution in [0.5, 0.6) is 11.5 Å². The average Bonchev–Trinajstić information content (AvgIpc) is 3.19. The number of nitrogens with zero attached hydrogens (tertiary/aromatic N) is 2. The fourth-order valence-electron chi connectivity index (χ4n) is 3.19. The lowest BCUT2D eigenvalue weighted by Gasteiger charge is -2.12. The first-order valence-electron chi connectivity index (χ1n) is 9.72. The number of aromatic nitrogens is 2. The molecule has 32 heavy (non-hydrogen) atoms. The summed E-state index contributed by atoms with van der Waals surface area (Å²) in [5.41, 5.74) is 2.63. The fourth-order valence-corrected chi connectivity index (χ4v) is 4.99. The summed E-state index contributed by atoms with van der Waals surface area (Å²) in [5, 5.41) is 4.87. The van der Waals surface area contributed by atoms with Crippen molar-refractivity contribution >= 4 is 39.7 Å². The molecule has 0 bridgehead atoms. The Hall–Kier alpha value is -3.30. The minimum atomic E-state index is -0.258. The number of rotatable bonds is 7. The third kappa shape index (κ3) is 4.49. The quantitative estimate of drug-likeness (QED) is 0.399. The molecular weight excluding hydrogens is 446 g/mol. The normalized spacial score (nSPS) is 10.8. The number of thioether (sulfide) groups is 1. The van der Waals surface area contributed by atoms with Crippen LogP contribution in [-0.4, -0.2) is 29.5 Å². The molecule has 4 aromatic rings. The molecule has 0 saturated heterocycles. The Morgan fingerprint density at radius 1 is 1.12 bits per heavy atom. The van der Waals surface area contributed by atoms with E-state index in [9.17, 15) is 9.59 Å². The van der Waals surface area contributed by atoms with Crippen LogP contribution in [0, 0.1) is 6.92 Å². The molecule has 2 heterocycles. The molecule has 4 rings (SSSR count). The Morgan fingerprint density at radius 2 is 1.91 bits per heavy atom. The van der Waals surface area contributed by atoms with Crippen LogP contribution in [0.4, 0.5) is 5.69 Å². The third-order valence-corrected chi connectivity index (χ3v) is 6.84. The molecule has 0 saturated carbocycles. The lowest BCUT2D eigenvalue weighted by atomic mass is 10.2. The smallest absolute Gasteiger partial charge is 0.258 e. The molecule has 0 aliphatic carbocycles. The monoisotopic (exact) mass is 467 g/mol. The van der Waals surface area contributed by atoms with Gasteiger partial charge in [0.2, 0.25) is 0 Å². The number of anilines is 1. The van der Waals surface area contributed by atoms with Crippen molar-refractivity contribution < 1.29 is 14.3 Å². The number of carbonyl (C=O) groups excluding carboxylic acids is 1. The molecule has 0 fully saturated rings. The maximum Gasteiger partial charge on any atom is 0.258 e. The molecule has 164 valence electrons. The largest absolute Gasteiger partial charge is 0.493 e. The van der Waals surface area contributed by atoms with Gasteiger partial charge in [-0.2, -0.15) is 0 Å². The van der Waals surface area contributed by atoms with Crippen molar-refractivity contribution in [1.29, 1.82) is 0 Å². The van der Waals surface area contributed by atoms with Gasteiger partial charge in [-0.25, -0.2) is 4.98 Å². The first-order chi connectivity index (χ1) is 15.5. The zero-order valence-electron chi connectivity index (χ0n) is 17.7. The summed E-state index contributed by atoms with van der Waals surface area (Å²) >= 11 is 2.95. The van der Waals surface area contributed by atoms with Crippen molar-refractivity contribution in [2.24, 2.45) is 0 Å². The molecule has 0 aliphatic rings. The van der Waals surface area contributed by atoms with E-state index in [1.807, 2.05) is 36.6 Å². The van der Waals surface area contributed by atoms with Crippen LogP contribution >= 0.6 is 23.1 Å². The number of aryl methyl sites for hydroxylation is 1. The highest BCUT2D eigenvalue weighted by Crippen LogP contribution is 2.31. The number of ether oxygens (including phenoxy) is 2. The fraction of sp³-hybridized carbons (Fsp3) is 0.174. The van der Waals surface area contributed by atoms with Gasteiger partial charge in [-0.15, -0.1) is 23.1 Å². The number of methoxy groups -OCH3 is 2. The number of hydrogen-bond acceptors (Lipinski definition) is 7. The predicted octanol–water partition coefficient (Wildman–Crippen LogP) is 4.63. The summed E-state index contributed by atoms with van der Waals surface area (Å²) in [7, 11) is 3.08. The van der Waals surface area contributed by atoms with Crippen LogP contribution in [0.2, 0.25) is 0 Å². The van der Waals surface area contributed by atoms with E-state index >= 15 is 0 Å². The average molecular weight is 468 g/mol. The Bertz CT molecular complexity index is 1350. The van der Waals surface area contributed by atoms with Gasteiger partial charge in [0, 0.05) is 33.4 Å². The van der Waals surface area contributed by atoms with Gasteiger partial charge >= 0.3 is 0 Å². The van der Waals surface area contributed by atoms with E-state index in [1.54, 1.807) is 35.8 Å². The lowest BCUT2D eigenvalue weighted by Crippen LogP contribution is -2.14. The highest BCUT2D eigenvalue weighted by molar-refractivity contribution is 7.98. The minimum Gasteiger partial charge on any atom is -0.493 e. The summed E-state index contributed by atoms with van der Waals surface area (Å²) in [6, 6.07) is 14.1. The van der Waals surface area contributed by atoms with E-state index in [1.165, 1.54) is 30.2 Å². The molecule has 0 spiro atoms. The summed E-state index contributed by atoms with van der Waals surface area (Å²) in [6.45, 7) is 1.89. The van der Waals surface area contributed by atoms with Crippen molar-refractivity contribution in [1.82, 2.24) is 9.38 Å². The number of benzene rings is 2. The van der Waals surface area contributed by atoms with Gasteiger partial charge in [-0.1, -0.05) is 12.1 Å². The van der Waals surface area contributed by atoms with E-state index in [0.717, 1.165) is 10.6 Å². The number of para-hydroxylation sites is 1. The van der Waals surface area contributed by atoms with Gasteiger partial charge in [-0.05, 0) is 37.3 Å². The highest BCUT2D eigenvalue weighted by Gasteiger charge is 2.14. The number of hydrogen-bond donors (Lipinski definition) is 1. The topological polar surface area (TPSA) is 81.9 Å². The van der Waals surface area contributed by atoms with Crippen LogP contribution in [0.3, 0.4) is 0 Å². The van der Waals surface area contributed by atoms with Gasteiger partial charge < -0.3 is 14.8 Å². The van der Waals surface area contributed by atoms with Crippen molar-refractivity contribution in [3.63, 3.8) is 0 Å². The SMILES string of the molecule is COc1ccc(C(=O)Nc2ccccc2SCc2cc(=O)n3c(C)csc3n2)cc1OC. The highest BCUT2D eigenvalue weighted by atomic mass is 32.2. The lowest BCUT2D eigenvalue weighted by molar-refractivity contribution is 0.102. The zero-order valence-corrected chi connectivity index (χ0v) is 19.4. The molecule has 9 heteroatoms. The molecule has 1 N–H and O–H groups in total. The second-order valence-electron chi connectivity index (χ2n) is 6.89. The zero-order chi connectivity index (χ0) is 22.7. The van der Waals surface area contributed by atoms with Crippen LogP contribution in [0.15, 0.2) is 63.6 Å². The van der Waals surface area contributed by atoms with E-state index < -0.39 is 0 Å². The van der Waals surface area contributed by atoms with E-state index in [2.05, 4.69) is 10.3 Å². The van der Waals surface area contributed by atoms with Crippen molar-refractivity contribution in [2.75, 3.05) is 19.5 Å². The first kappa shape index (κ1) is 21.9. The van der Waals surface area contributed by atoms with Crippen LogP contribution in [0.1, 0.15) is 21.7 Å². The van der Waals surface area contributed by atoms with Crippen molar-refractivity contribution in [3.05, 3.63) is 81.2 Å². The standard InChI is InChI=1S/C23H21N3O4S2/c1-14-12-32-23-24-16(11-21(27)26(14)23)13-31-20-7-5-4-6-17(20)25-22(28)15-8-9-18(29-2)19(10-15)30-3/h4-12H,13H2,1-3H3,(H,25,28). The summed E-state index contributed by atoms with van der Waals surface area (Å²) in [4.78, 5) is 31.4. The van der Waals surface area contributed by atoms with E-state index in [0.29, 0.717) is 39.2 Å². The molecule has 2 aromatic carbocycles. The Morgan fingerprint density at radius 3 is 2.69 bits per heavy atom. The molecule has 1 amide bonds. The predicted molar refractivity (Wildman–Crippen MR) is 128 cm³/mol. The molecule has 0 atom stereocenters. The molecule has 2 aromatic heterocycles. The molecule has 7 nitrogen and oxygen atoms in total. The van der Waals surface area contributed by atoms with E-state index in [-0.39, 0.29) is 11.5 Å². The molecule has 0 unspecified atom stereocenters. The Labute approximate surface area is 193 Å². The Kier molecular flexibility index (Phi) is 6.48. The molecule has 0 aliphatic heterocycles. The number of fused-ring (bicyclic) bond motifs is 1. The second-order valence-corrected chi connectivity index (χ2v) is 8.74. The van der Waals surface area contributed by atoms with E-state index in [4.69, 9.17) is 9.47 Å². The molecule has 0 radical (unpaired) electrons. The van der Waals surface area contributed by atoms with Gasteiger partial charge in [0.1, 0.15) is 0 Å². The van der Waals surface area contributed by atoms with Gasteiger partial charge in [0.05, 0.1) is 25.6 Å². The van der Waals surface area contributed by atoms with Crippen LogP contribution < -0.4 is 20.3 Å². The van der Waals surface area contributed by atoms with Crippen LogP contribution in [0.25, 0.3) is 4.96 Å². The third-order valence-electron chi connectivity index (χ3n) is 4.79. The maximum atomic E-state index is 12.8.